The number of aliphatic imine (C=N–C) groups is 1. The van der Waals surface area contributed by atoms with E-state index in [-0.39, 0.29) is 0 Å². The molecule has 2 aromatic carbocycles. The summed E-state index contributed by atoms with van der Waals surface area (Å²) < 4.78 is 14.3. The first kappa shape index (κ1) is 48.8. The summed E-state index contributed by atoms with van der Waals surface area (Å²) in [6.45, 7) is 7.86. The van der Waals surface area contributed by atoms with Crippen LogP contribution in [0.25, 0.3) is 0 Å². The van der Waals surface area contributed by atoms with Crippen LogP contribution in [0.2, 0.25) is 0 Å². The Kier molecular flexibility index (Phi) is 28.1. The van der Waals surface area contributed by atoms with E-state index in [1.165, 1.54) is 178 Å². The second-order valence-corrected chi connectivity index (χ2v) is 18.3. The molecule has 0 unspecified atom stereocenters. The standard InChI is InChI=1S/C50H89N3O2/c1-7-8-9-10-11-12-13-19-24-29-42-53(5,6)43-30-25-20-15-17-22-26-31-44-54-49-37-33-47(34-38-49)46-51-48-35-39-50(40-36-48)55-45-32-27-21-16-14-18-23-28-41-52(2,3)4/h33-40,46H,7-32,41-45H2,1-6H3/q+2. The first-order chi connectivity index (χ1) is 26.7. The third kappa shape index (κ3) is 29.5. The van der Waals surface area contributed by atoms with E-state index in [1.54, 1.807) is 0 Å². The zero-order valence-corrected chi connectivity index (χ0v) is 37.3. The van der Waals surface area contributed by atoms with Gasteiger partial charge in [0.25, 0.3) is 0 Å². The molecule has 0 aliphatic carbocycles. The number of quaternary nitrogens is 2. The molecule has 0 saturated heterocycles. The maximum absolute atomic E-state index is 6.02. The van der Waals surface area contributed by atoms with Gasteiger partial charge >= 0.3 is 0 Å². The summed E-state index contributed by atoms with van der Waals surface area (Å²) in [7, 11) is 11.7. The zero-order valence-electron chi connectivity index (χ0n) is 37.3. The van der Waals surface area contributed by atoms with Crippen molar-refractivity contribution in [3.63, 3.8) is 0 Å². The highest BCUT2D eigenvalue weighted by Gasteiger charge is 2.13. The van der Waals surface area contributed by atoms with Gasteiger partial charge in [-0.2, -0.15) is 0 Å². The Labute approximate surface area is 341 Å². The molecule has 0 aliphatic heterocycles. The van der Waals surface area contributed by atoms with Crippen molar-refractivity contribution in [2.75, 3.05) is 68.1 Å². The molecule has 0 amide bonds. The van der Waals surface area contributed by atoms with Crippen LogP contribution in [-0.2, 0) is 0 Å². The van der Waals surface area contributed by atoms with Crippen LogP contribution in [0.5, 0.6) is 11.5 Å². The molecule has 0 spiro atoms. The lowest BCUT2D eigenvalue weighted by Crippen LogP contribution is -2.41. The van der Waals surface area contributed by atoms with Gasteiger partial charge in [-0.3, -0.25) is 4.99 Å². The lowest BCUT2D eigenvalue weighted by Gasteiger charge is -2.30. The van der Waals surface area contributed by atoms with E-state index in [4.69, 9.17) is 9.47 Å². The summed E-state index contributed by atoms with van der Waals surface area (Å²) in [6.07, 6.45) is 37.3. The van der Waals surface area contributed by atoms with E-state index in [0.29, 0.717) is 0 Å². The van der Waals surface area contributed by atoms with Crippen molar-refractivity contribution >= 4 is 11.9 Å². The molecule has 314 valence electrons. The third-order valence-corrected chi connectivity index (χ3v) is 11.1. The van der Waals surface area contributed by atoms with Gasteiger partial charge in [-0.15, -0.1) is 0 Å². The van der Waals surface area contributed by atoms with E-state index in [1.807, 2.05) is 30.5 Å². The van der Waals surface area contributed by atoms with Gasteiger partial charge < -0.3 is 18.4 Å². The van der Waals surface area contributed by atoms with Crippen molar-refractivity contribution in [3.8, 4) is 11.5 Å². The lowest BCUT2D eigenvalue weighted by atomic mass is 10.1. The van der Waals surface area contributed by atoms with Crippen LogP contribution in [0.3, 0.4) is 0 Å². The van der Waals surface area contributed by atoms with E-state index in [2.05, 4.69) is 71.4 Å². The highest BCUT2D eigenvalue weighted by Crippen LogP contribution is 2.20. The monoisotopic (exact) mass is 764 g/mol. The molecule has 0 atom stereocenters. The Balaban J connectivity index is 1.41. The predicted molar refractivity (Wildman–Crippen MR) is 242 cm³/mol. The van der Waals surface area contributed by atoms with Gasteiger partial charge in [-0.1, -0.05) is 122 Å². The van der Waals surface area contributed by atoms with E-state index >= 15 is 0 Å². The number of nitrogens with zero attached hydrogens (tertiary/aromatic N) is 3. The molecule has 0 aromatic heterocycles. The molecule has 0 saturated carbocycles. The van der Waals surface area contributed by atoms with Crippen LogP contribution in [-0.4, -0.2) is 83.3 Å². The van der Waals surface area contributed by atoms with Crippen LogP contribution in [0, 0.1) is 0 Å². The first-order valence-electron chi connectivity index (χ1n) is 23.3. The Hall–Kier alpha value is -2.37. The third-order valence-electron chi connectivity index (χ3n) is 11.1. The minimum Gasteiger partial charge on any atom is -0.494 e. The minimum atomic E-state index is 0.790. The smallest absolute Gasteiger partial charge is 0.119 e. The number of ether oxygens (including phenoxy) is 2. The molecule has 0 N–H and O–H groups in total. The van der Waals surface area contributed by atoms with Crippen LogP contribution in [0.15, 0.2) is 53.5 Å². The molecule has 0 radical (unpaired) electrons. The SMILES string of the molecule is CCCCCCCCCCCC[N+](C)(C)CCCCCCCCCCOc1ccc(C=Nc2ccc(OCCCCCCCCCC[N+](C)(C)C)cc2)cc1. The zero-order chi connectivity index (χ0) is 39.7. The molecule has 0 bridgehead atoms. The topological polar surface area (TPSA) is 30.8 Å². The summed E-state index contributed by atoms with van der Waals surface area (Å²) in [5.74, 6) is 1.87. The van der Waals surface area contributed by atoms with Crippen molar-refractivity contribution in [2.45, 2.75) is 174 Å². The second-order valence-electron chi connectivity index (χ2n) is 18.3. The number of hydrogen-bond acceptors (Lipinski definition) is 3. The number of hydrogen-bond donors (Lipinski definition) is 0. The van der Waals surface area contributed by atoms with E-state index in [0.717, 1.165) is 53.3 Å². The Morgan fingerprint density at radius 1 is 0.418 bits per heavy atom. The minimum absolute atomic E-state index is 0.790. The first-order valence-corrected chi connectivity index (χ1v) is 23.3. The van der Waals surface area contributed by atoms with Crippen LogP contribution in [0.4, 0.5) is 5.69 Å². The second kappa shape index (κ2) is 31.7. The average Bonchev–Trinajstić information content (AvgIpc) is 3.16. The molecule has 0 fully saturated rings. The van der Waals surface area contributed by atoms with Crippen molar-refractivity contribution in [3.05, 3.63) is 54.1 Å². The lowest BCUT2D eigenvalue weighted by molar-refractivity contribution is -0.890. The summed E-state index contributed by atoms with van der Waals surface area (Å²) in [4.78, 5) is 4.66. The van der Waals surface area contributed by atoms with Gasteiger partial charge in [0.2, 0.25) is 0 Å². The molecule has 2 aromatic rings. The van der Waals surface area contributed by atoms with Crippen LogP contribution >= 0.6 is 0 Å². The average molecular weight is 764 g/mol. The molecule has 5 nitrogen and oxygen atoms in total. The highest BCUT2D eigenvalue weighted by molar-refractivity contribution is 5.82. The summed E-state index contributed by atoms with van der Waals surface area (Å²) in [5.41, 5.74) is 2.01. The van der Waals surface area contributed by atoms with Crippen LogP contribution in [0.1, 0.15) is 179 Å². The van der Waals surface area contributed by atoms with Gasteiger partial charge in [-0.25, -0.2) is 0 Å². The summed E-state index contributed by atoms with van der Waals surface area (Å²) >= 11 is 0. The molecule has 2 rings (SSSR count). The molecule has 0 heterocycles. The van der Waals surface area contributed by atoms with Crippen molar-refractivity contribution in [1.82, 2.24) is 0 Å². The Morgan fingerprint density at radius 2 is 0.764 bits per heavy atom. The molecule has 55 heavy (non-hydrogen) atoms. The van der Waals surface area contributed by atoms with Crippen molar-refractivity contribution in [2.24, 2.45) is 4.99 Å². The van der Waals surface area contributed by atoms with Gasteiger partial charge in [-0.05, 0) is 105 Å². The Bertz CT molecular complexity index is 1170. The largest absolute Gasteiger partial charge is 0.494 e. The Morgan fingerprint density at radius 3 is 1.16 bits per heavy atom. The quantitative estimate of drug-likeness (QED) is 0.0390. The number of rotatable bonds is 37. The van der Waals surface area contributed by atoms with E-state index in [9.17, 15) is 0 Å². The van der Waals surface area contributed by atoms with Gasteiger partial charge in [0.05, 0.1) is 73.8 Å². The van der Waals surface area contributed by atoms with Gasteiger partial charge in [0.15, 0.2) is 0 Å². The fraction of sp³-hybridized carbons (Fsp3) is 0.740. The molecular formula is C50H89N3O2+2. The van der Waals surface area contributed by atoms with Crippen molar-refractivity contribution in [1.29, 1.82) is 0 Å². The number of unbranched alkanes of at least 4 members (excludes halogenated alkanes) is 23. The van der Waals surface area contributed by atoms with E-state index < -0.39 is 0 Å². The predicted octanol–water partition coefficient (Wildman–Crippen LogP) is 14.1. The molecular weight excluding hydrogens is 675 g/mol. The van der Waals surface area contributed by atoms with Gasteiger partial charge in [0.1, 0.15) is 11.5 Å². The normalized spacial score (nSPS) is 12.2. The fourth-order valence-electron chi connectivity index (χ4n) is 7.40. The number of benzene rings is 2. The van der Waals surface area contributed by atoms with Crippen LogP contribution < -0.4 is 9.47 Å². The maximum Gasteiger partial charge on any atom is 0.119 e. The summed E-state index contributed by atoms with van der Waals surface area (Å²) in [5, 5.41) is 0. The highest BCUT2D eigenvalue weighted by atomic mass is 16.5. The molecule has 5 heteroatoms. The van der Waals surface area contributed by atoms with Crippen molar-refractivity contribution < 1.29 is 18.4 Å². The maximum atomic E-state index is 6.02. The van der Waals surface area contributed by atoms with Gasteiger partial charge in [0, 0.05) is 6.21 Å². The summed E-state index contributed by atoms with van der Waals surface area (Å²) in [6, 6.07) is 16.4. The molecule has 0 aliphatic rings. The fourth-order valence-corrected chi connectivity index (χ4v) is 7.40.